The molecule has 0 radical (unpaired) electrons. The van der Waals surface area contributed by atoms with Gasteiger partial charge in [0.2, 0.25) is 16.6 Å². The number of fused-ring (bicyclic) bond motifs is 6. The Morgan fingerprint density at radius 1 is 0.360 bits per heavy atom. The van der Waals surface area contributed by atoms with Crippen molar-refractivity contribution in [2.45, 2.75) is 75.9 Å². The summed E-state index contributed by atoms with van der Waals surface area (Å²) in [5.41, 5.74) is 7.93. The molecule has 6 heterocycles. The number of nitrogens with zero attached hydrogens (tertiary/aromatic N) is 6. The summed E-state index contributed by atoms with van der Waals surface area (Å²) in [6, 6.07) is 51.8. The highest BCUT2D eigenvalue weighted by Gasteiger charge is 2.27. The number of thioether (sulfide) groups is 3. The first-order valence-corrected chi connectivity index (χ1v) is 30.9. The van der Waals surface area contributed by atoms with E-state index in [2.05, 4.69) is 270 Å². The summed E-state index contributed by atoms with van der Waals surface area (Å²) < 4.78 is 11.2. The molecule has 3 aromatic heterocycles. The molecule has 12 rings (SSSR count). The van der Waals surface area contributed by atoms with E-state index < -0.39 is 0 Å². The molecule has 75 heavy (non-hydrogen) atoms. The van der Waals surface area contributed by atoms with Gasteiger partial charge in [0.1, 0.15) is 33.7 Å². The van der Waals surface area contributed by atoms with Crippen LogP contribution < -0.4 is 28.4 Å². The van der Waals surface area contributed by atoms with E-state index in [9.17, 15) is 0 Å². The molecule has 12 heteroatoms. The van der Waals surface area contributed by atoms with Gasteiger partial charge in [0.15, 0.2) is 0 Å². The molecule has 0 saturated heterocycles. The van der Waals surface area contributed by atoms with Crippen LogP contribution in [0.5, 0.6) is 0 Å². The van der Waals surface area contributed by atoms with Gasteiger partial charge in [-0.05, 0) is 108 Å². The monoisotopic (exact) mass is 1100 g/mol. The van der Waals surface area contributed by atoms with Crippen LogP contribution in [-0.2, 0) is 19.6 Å². The number of thiazole rings is 3. The van der Waals surface area contributed by atoms with Crippen LogP contribution in [-0.4, -0.2) is 19.6 Å². The second-order valence-corrected chi connectivity index (χ2v) is 23.9. The van der Waals surface area contributed by atoms with Crippen LogP contribution >= 0.6 is 69.3 Å². The Bertz CT molecular complexity index is 3670. The molecule has 3 aliphatic heterocycles. The third kappa shape index (κ3) is 11.2. The molecular formula is C63H63N6S6+3. The van der Waals surface area contributed by atoms with Crippen molar-refractivity contribution in [3.05, 3.63) is 212 Å². The van der Waals surface area contributed by atoms with Crippen LogP contribution in [0.2, 0.25) is 0 Å². The average Bonchev–Trinajstić information content (AvgIpc) is 4.31. The van der Waals surface area contributed by atoms with Gasteiger partial charge in [0, 0.05) is 64.7 Å². The lowest BCUT2D eigenvalue weighted by atomic mass is 10.3. The highest BCUT2D eigenvalue weighted by molar-refractivity contribution is 8.04. The van der Waals surface area contributed by atoms with E-state index in [1.807, 2.05) is 69.3 Å². The molecule has 0 aliphatic carbocycles. The van der Waals surface area contributed by atoms with Gasteiger partial charge >= 0.3 is 0 Å². The number of aromatic nitrogens is 3. The summed E-state index contributed by atoms with van der Waals surface area (Å²) >= 11 is 11.1. The van der Waals surface area contributed by atoms with E-state index in [0.29, 0.717) is 0 Å². The standard InChI is InChI=1S/C23H23N2S2.C21H21N2S2.C19H19N2S2/c1-3-24-18-12-8-10-14-20(18)26-22(24)16-6-5-7-17-23-25(4-2)19-13-9-11-15-21(19)27-23;1-3-22-16-10-5-7-12-18(16)24-20(22)14-9-15-21-23(4-2)17-11-6-8-13-19(17)25-21;1-3-20-14-9-5-7-11-16(14)22-18(20)13-19-21(4-2)15-10-6-8-12-17(15)23-19/h5-17H,3-4H2,1-2H3;5-15H,3-4H2,1-2H3;5-13H,3-4H2,1-2H3/q3*+1. The van der Waals surface area contributed by atoms with Crippen molar-refractivity contribution >= 4 is 135 Å². The highest BCUT2D eigenvalue weighted by atomic mass is 32.2. The third-order valence-corrected chi connectivity index (χ3v) is 19.9. The molecule has 0 amide bonds. The van der Waals surface area contributed by atoms with Crippen molar-refractivity contribution in [2.75, 3.05) is 34.3 Å². The second-order valence-electron chi connectivity index (χ2n) is 17.5. The molecule has 0 spiro atoms. The minimum Gasteiger partial charge on any atom is -0.335 e. The Morgan fingerprint density at radius 2 is 0.707 bits per heavy atom. The molecule has 0 fully saturated rings. The van der Waals surface area contributed by atoms with Gasteiger partial charge in [-0.2, -0.15) is 13.7 Å². The van der Waals surface area contributed by atoms with E-state index in [0.717, 1.165) is 39.3 Å². The fourth-order valence-electron chi connectivity index (χ4n) is 9.64. The van der Waals surface area contributed by atoms with Gasteiger partial charge < -0.3 is 14.7 Å². The molecule has 3 aliphatic rings. The first-order valence-electron chi connectivity index (χ1n) is 26.0. The maximum atomic E-state index is 2.41. The van der Waals surface area contributed by atoms with E-state index in [1.165, 1.54) is 92.5 Å². The predicted octanol–water partition coefficient (Wildman–Crippen LogP) is 17.1. The van der Waals surface area contributed by atoms with Crippen LogP contribution in [0, 0.1) is 0 Å². The van der Waals surface area contributed by atoms with Crippen molar-refractivity contribution in [2.24, 2.45) is 0 Å². The van der Waals surface area contributed by atoms with Crippen LogP contribution in [0.4, 0.5) is 17.1 Å². The molecule has 0 N–H and O–H groups in total. The summed E-state index contributed by atoms with van der Waals surface area (Å²) in [7, 11) is 0. The zero-order valence-electron chi connectivity index (χ0n) is 43.4. The zero-order chi connectivity index (χ0) is 51.7. The van der Waals surface area contributed by atoms with Crippen molar-refractivity contribution in [3.8, 4) is 0 Å². The van der Waals surface area contributed by atoms with E-state index in [-0.39, 0.29) is 0 Å². The molecule has 6 nitrogen and oxygen atoms in total. The minimum absolute atomic E-state index is 0.984. The van der Waals surface area contributed by atoms with Gasteiger partial charge in [0.05, 0.1) is 38.2 Å². The molecule has 6 aromatic carbocycles. The first kappa shape index (κ1) is 52.3. The molecule has 0 saturated carbocycles. The SMILES string of the molecule is CCN1/C(=C/C=C/C=C/c2sc3ccccc3[n+]2CC)Sc2ccccc21.CCN1/C(=C/C=C/c2sc3ccccc3[n+]2CC)Sc2ccccc21.CCN1/C(=C/c2sc3ccccc3[n+]2CC)Sc2ccccc21. The lowest BCUT2D eigenvalue weighted by Crippen LogP contribution is -2.33. The van der Waals surface area contributed by atoms with Crippen molar-refractivity contribution in [1.29, 1.82) is 0 Å². The summed E-state index contributed by atoms with van der Waals surface area (Å²) in [6.45, 7) is 19.2. The van der Waals surface area contributed by atoms with Crippen molar-refractivity contribution in [3.63, 3.8) is 0 Å². The number of hydrogen-bond donors (Lipinski definition) is 0. The minimum atomic E-state index is 0.984. The van der Waals surface area contributed by atoms with Gasteiger partial charge in [-0.25, -0.2) is 0 Å². The fourth-order valence-corrected chi connectivity index (χ4v) is 16.6. The third-order valence-electron chi connectivity index (χ3n) is 13.1. The molecular weight excluding hydrogens is 1030 g/mol. The Labute approximate surface area is 467 Å². The molecule has 0 bridgehead atoms. The van der Waals surface area contributed by atoms with E-state index >= 15 is 0 Å². The number of rotatable bonds is 12. The van der Waals surface area contributed by atoms with Gasteiger partial charge in [0.25, 0.3) is 15.0 Å². The number of anilines is 3. The van der Waals surface area contributed by atoms with E-state index in [1.54, 1.807) is 0 Å². The van der Waals surface area contributed by atoms with Crippen LogP contribution in [0.1, 0.15) is 56.6 Å². The summed E-state index contributed by atoms with van der Waals surface area (Å²) in [5.74, 6) is 0. The molecule has 9 aromatic rings. The van der Waals surface area contributed by atoms with Crippen LogP contribution in [0.25, 0.3) is 48.9 Å². The fraction of sp³-hybridized carbons (Fsp3) is 0.190. The number of aryl methyl sites for hydroxylation is 3. The van der Waals surface area contributed by atoms with Gasteiger partial charge in [-0.3, -0.25) is 0 Å². The largest absolute Gasteiger partial charge is 0.335 e. The Kier molecular flexibility index (Phi) is 17.2. The smallest absolute Gasteiger partial charge is 0.265 e. The normalized spacial score (nSPS) is 15.6. The summed E-state index contributed by atoms with van der Waals surface area (Å²) in [4.78, 5) is 11.2. The van der Waals surface area contributed by atoms with Crippen LogP contribution in [0.15, 0.2) is 212 Å². The van der Waals surface area contributed by atoms with E-state index in [4.69, 9.17) is 0 Å². The summed E-state index contributed by atoms with van der Waals surface area (Å²) in [6.07, 6.45) is 19.8. The Hall–Kier alpha value is -6.12. The quantitative estimate of drug-likeness (QED) is 0.0892. The van der Waals surface area contributed by atoms with Gasteiger partial charge in [-0.15, -0.1) is 0 Å². The zero-order valence-corrected chi connectivity index (χ0v) is 48.3. The molecule has 0 unspecified atom stereocenters. The first-order chi connectivity index (χ1) is 36.9. The maximum Gasteiger partial charge on any atom is 0.265 e. The predicted molar refractivity (Wildman–Crippen MR) is 330 cm³/mol. The second kappa shape index (κ2) is 24.7. The highest BCUT2D eigenvalue weighted by Crippen LogP contribution is 2.48. The number of allylic oxidation sites excluding steroid dienone is 6. The van der Waals surface area contributed by atoms with Gasteiger partial charge in [-0.1, -0.05) is 166 Å². The van der Waals surface area contributed by atoms with Crippen molar-refractivity contribution < 1.29 is 13.7 Å². The Morgan fingerprint density at radius 3 is 1.15 bits per heavy atom. The summed E-state index contributed by atoms with van der Waals surface area (Å²) in [5, 5.41) is 7.81. The number of benzene rings is 6. The molecule has 0 atom stereocenters. The number of para-hydroxylation sites is 6. The average molecular weight is 1100 g/mol. The number of hydrogen-bond acceptors (Lipinski definition) is 9. The lowest BCUT2D eigenvalue weighted by molar-refractivity contribution is -0.665. The topological polar surface area (TPSA) is 21.4 Å². The maximum absolute atomic E-state index is 2.41. The van der Waals surface area contributed by atoms with Crippen molar-refractivity contribution in [1.82, 2.24) is 0 Å². The lowest BCUT2D eigenvalue weighted by Gasteiger charge is -2.17. The Balaban J connectivity index is 0.000000129. The molecule has 378 valence electrons. The van der Waals surface area contributed by atoms with Crippen LogP contribution in [0.3, 0.4) is 0 Å².